The molecule has 2 aromatic heterocycles. The second-order valence-corrected chi connectivity index (χ2v) is 7.12. The number of primary amides is 1. The van der Waals surface area contributed by atoms with Gasteiger partial charge < -0.3 is 19.8 Å². The van der Waals surface area contributed by atoms with Gasteiger partial charge in [0.25, 0.3) is 5.91 Å². The summed E-state index contributed by atoms with van der Waals surface area (Å²) in [5.74, 6) is 0.565. The Balaban J connectivity index is 1.57. The van der Waals surface area contributed by atoms with Gasteiger partial charge in [-0.1, -0.05) is 18.2 Å². The molecule has 4 rings (SSSR count). The molecule has 1 aliphatic heterocycles. The zero-order chi connectivity index (χ0) is 19.0. The molecule has 0 aliphatic carbocycles. The molecule has 7 nitrogen and oxygen atoms in total. The number of carbonyl (C=O) groups excluding carboxylic acids is 2. The van der Waals surface area contributed by atoms with Crippen LogP contribution in [0, 0.1) is 0 Å². The van der Waals surface area contributed by atoms with E-state index in [0.717, 1.165) is 36.1 Å². The van der Waals surface area contributed by atoms with Crippen molar-refractivity contribution in [1.82, 2.24) is 19.0 Å². The average molecular weight is 365 g/mol. The normalized spacial score (nSPS) is 17.4. The maximum atomic E-state index is 13.2. The molecule has 7 heteroatoms. The van der Waals surface area contributed by atoms with Crippen LogP contribution in [0.1, 0.15) is 35.1 Å². The quantitative estimate of drug-likeness (QED) is 0.766. The number of amides is 2. The number of likely N-dealkylation sites (tertiary alicyclic amines) is 1. The maximum Gasteiger partial charge on any atom is 0.270 e. The number of hydrogen-bond donors (Lipinski definition) is 1. The van der Waals surface area contributed by atoms with Crippen molar-refractivity contribution in [1.29, 1.82) is 0 Å². The van der Waals surface area contributed by atoms with E-state index in [1.807, 2.05) is 46.8 Å². The van der Waals surface area contributed by atoms with Gasteiger partial charge in [0.05, 0.1) is 0 Å². The molecule has 140 valence electrons. The van der Waals surface area contributed by atoms with E-state index in [1.54, 1.807) is 17.0 Å². The van der Waals surface area contributed by atoms with Crippen LogP contribution in [-0.2, 0) is 18.4 Å². The van der Waals surface area contributed by atoms with Crippen molar-refractivity contribution >= 4 is 22.7 Å². The van der Waals surface area contributed by atoms with Crippen LogP contribution in [0.3, 0.4) is 0 Å². The molecule has 1 saturated heterocycles. The number of rotatable bonds is 4. The fraction of sp³-hybridized carbons (Fsp3) is 0.350. The number of aryl methyl sites for hydroxylation is 1. The first-order valence-electron chi connectivity index (χ1n) is 9.17. The van der Waals surface area contributed by atoms with Gasteiger partial charge in [-0.25, -0.2) is 4.98 Å². The molecule has 0 bridgehead atoms. The lowest BCUT2D eigenvalue weighted by Crippen LogP contribution is -2.40. The average Bonchev–Trinajstić information content (AvgIpc) is 3.26. The lowest BCUT2D eigenvalue weighted by molar-refractivity contribution is -0.118. The molecule has 0 spiro atoms. The van der Waals surface area contributed by atoms with Gasteiger partial charge >= 0.3 is 0 Å². The zero-order valence-electron chi connectivity index (χ0n) is 15.3. The third kappa shape index (κ3) is 3.20. The smallest absolute Gasteiger partial charge is 0.270 e. The van der Waals surface area contributed by atoms with Crippen molar-refractivity contribution < 1.29 is 9.59 Å². The molecule has 3 heterocycles. The highest BCUT2D eigenvalue weighted by Gasteiger charge is 2.29. The van der Waals surface area contributed by atoms with Crippen LogP contribution >= 0.6 is 0 Å². The predicted molar refractivity (Wildman–Crippen MR) is 102 cm³/mol. The summed E-state index contributed by atoms with van der Waals surface area (Å²) in [5.41, 5.74) is 7.07. The Bertz CT molecular complexity index is 1000. The zero-order valence-corrected chi connectivity index (χ0v) is 15.3. The van der Waals surface area contributed by atoms with Crippen molar-refractivity contribution in [3.05, 3.63) is 54.2 Å². The summed E-state index contributed by atoms with van der Waals surface area (Å²) in [6.07, 6.45) is 5.30. The first kappa shape index (κ1) is 17.3. The number of aromatic nitrogens is 3. The second kappa shape index (κ2) is 6.90. The Hall–Kier alpha value is -3.09. The standard InChI is InChI=1S/C20H23N5O2/c1-23-16-7-3-2-5-14(16)11-17(23)20(27)25-9-4-6-15(12-25)19-22-8-10-24(19)13-18(21)26/h2-3,5,7-8,10-11,15H,4,6,9,12-13H2,1H3,(H2,21,26)/t15-/m1/s1. The molecular weight excluding hydrogens is 342 g/mol. The molecule has 0 saturated carbocycles. The van der Waals surface area contributed by atoms with E-state index in [-0.39, 0.29) is 18.4 Å². The first-order valence-corrected chi connectivity index (χ1v) is 9.17. The summed E-state index contributed by atoms with van der Waals surface area (Å²) >= 11 is 0. The number of hydrogen-bond acceptors (Lipinski definition) is 3. The van der Waals surface area contributed by atoms with Gasteiger partial charge in [0.2, 0.25) is 5.91 Å². The topological polar surface area (TPSA) is 86.2 Å². The van der Waals surface area contributed by atoms with E-state index < -0.39 is 5.91 Å². The van der Waals surface area contributed by atoms with Gasteiger partial charge in [-0.15, -0.1) is 0 Å². The van der Waals surface area contributed by atoms with E-state index in [1.165, 1.54) is 0 Å². The van der Waals surface area contributed by atoms with Crippen LogP contribution in [0.15, 0.2) is 42.7 Å². The number of nitrogens with zero attached hydrogens (tertiary/aromatic N) is 4. The molecule has 1 atom stereocenters. The van der Waals surface area contributed by atoms with E-state index in [2.05, 4.69) is 4.98 Å². The minimum atomic E-state index is -0.395. The Morgan fingerprint density at radius 3 is 2.89 bits per heavy atom. The molecular formula is C20H23N5O2. The van der Waals surface area contributed by atoms with Crippen LogP contribution in [0.4, 0.5) is 0 Å². The van der Waals surface area contributed by atoms with Gasteiger partial charge in [0.15, 0.2) is 0 Å². The van der Waals surface area contributed by atoms with Crippen LogP contribution < -0.4 is 5.73 Å². The monoisotopic (exact) mass is 365 g/mol. The summed E-state index contributed by atoms with van der Waals surface area (Å²) in [6.45, 7) is 1.44. The van der Waals surface area contributed by atoms with Crippen LogP contribution in [0.2, 0.25) is 0 Å². The van der Waals surface area contributed by atoms with E-state index >= 15 is 0 Å². The van der Waals surface area contributed by atoms with Gasteiger partial charge in [0, 0.05) is 49.4 Å². The molecule has 0 unspecified atom stereocenters. The first-order chi connectivity index (χ1) is 13.0. The lowest BCUT2D eigenvalue weighted by atomic mass is 9.96. The van der Waals surface area contributed by atoms with Gasteiger partial charge in [-0.2, -0.15) is 0 Å². The number of imidazole rings is 1. The number of fused-ring (bicyclic) bond motifs is 1. The minimum absolute atomic E-state index is 0.0337. The molecule has 2 amide bonds. The van der Waals surface area contributed by atoms with Crippen LogP contribution in [0.5, 0.6) is 0 Å². The fourth-order valence-corrected chi connectivity index (χ4v) is 4.01. The van der Waals surface area contributed by atoms with E-state index in [4.69, 9.17) is 5.73 Å². The number of carbonyl (C=O) groups is 2. The van der Waals surface area contributed by atoms with Crippen molar-refractivity contribution in [2.24, 2.45) is 12.8 Å². The lowest BCUT2D eigenvalue weighted by Gasteiger charge is -2.32. The fourth-order valence-electron chi connectivity index (χ4n) is 4.01. The second-order valence-electron chi connectivity index (χ2n) is 7.12. The third-order valence-corrected chi connectivity index (χ3v) is 5.32. The third-order valence-electron chi connectivity index (χ3n) is 5.32. The largest absolute Gasteiger partial charge is 0.368 e. The number of para-hydroxylation sites is 1. The summed E-state index contributed by atoms with van der Waals surface area (Å²) in [4.78, 5) is 30.8. The molecule has 1 aliphatic rings. The number of benzene rings is 1. The maximum absolute atomic E-state index is 13.2. The van der Waals surface area contributed by atoms with Gasteiger partial charge in [-0.3, -0.25) is 9.59 Å². The summed E-state index contributed by atoms with van der Waals surface area (Å²) in [7, 11) is 1.93. The summed E-state index contributed by atoms with van der Waals surface area (Å²) in [6, 6.07) is 9.95. The SMILES string of the molecule is Cn1c(C(=O)N2CCC[C@@H](c3nccn3CC(N)=O)C2)cc2ccccc21. The van der Waals surface area contributed by atoms with Gasteiger partial charge in [0.1, 0.15) is 18.1 Å². The molecule has 3 aromatic rings. The Kier molecular flexibility index (Phi) is 4.43. The molecule has 1 fully saturated rings. The van der Waals surface area contributed by atoms with Gasteiger partial charge in [-0.05, 0) is 25.0 Å². The molecule has 2 N–H and O–H groups in total. The van der Waals surface area contributed by atoms with Crippen molar-refractivity contribution in [2.75, 3.05) is 13.1 Å². The van der Waals surface area contributed by atoms with E-state index in [0.29, 0.717) is 12.2 Å². The summed E-state index contributed by atoms with van der Waals surface area (Å²) < 4.78 is 3.74. The number of piperidine rings is 1. The van der Waals surface area contributed by atoms with E-state index in [9.17, 15) is 9.59 Å². The molecule has 0 radical (unpaired) electrons. The van der Waals surface area contributed by atoms with Crippen molar-refractivity contribution in [3.63, 3.8) is 0 Å². The molecule has 27 heavy (non-hydrogen) atoms. The van der Waals surface area contributed by atoms with Crippen LogP contribution in [-0.4, -0.2) is 43.9 Å². The Labute approximate surface area is 157 Å². The highest BCUT2D eigenvalue weighted by atomic mass is 16.2. The summed E-state index contributed by atoms with van der Waals surface area (Å²) in [5, 5.41) is 1.06. The highest BCUT2D eigenvalue weighted by Crippen LogP contribution is 2.28. The van der Waals surface area contributed by atoms with Crippen molar-refractivity contribution in [3.8, 4) is 0 Å². The minimum Gasteiger partial charge on any atom is -0.368 e. The van der Waals surface area contributed by atoms with Crippen LogP contribution in [0.25, 0.3) is 10.9 Å². The Morgan fingerprint density at radius 1 is 1.30 bits per heavy atom. The van der Waals surface area contributed by atoms with Crippen molar-refractivity contribution in [2.45, 2.75) is 25.3 Å². The number of nitrogens with two attached hydrogens (primary N) is 1. The highest BCUT2D eigenvalue weighted by molar-refractivity contribution is 5.98. The molecule has 1 aromatic carbocycles. The predicted octanol–water partition coefficient (Wildman–Crippen LogP) is 1.88. The Morgan fingerprint density at radius 2 is 2.11 bits per heavy atom.